The van der Waals surface area contributed by atoms with Gasteiger partial charge in [0.25, 0.3) is 0 Å². The number of piperazine rings is 1. The molecule has 0 aromatic heterocycles. The standard InChI is InChI=1S/C26H28ClN3O2/c27-20-7-4-8-21(17-20)29-13-15-30(16-14-29)24-18-28-12-11-25(24)32-26(31)23-10-3-6-19-5-1-2-9-22(19)23/h1-10,17,24-25,28H,11-16,18H2/t24?,25-/m1/s1. The molecule has 2 atom stereocenters. The van der Waals surface area contributed by atoms with Gasteiger partial charge in [-0.05, 0) is 48.0 Å². The Kier molecular flexibility index (Phi) is 6.30. The van der Waals surface area contributed by atoms with E-state index in [-0.39, 0.29) is 18.1 Å². The van der Waals surface area contributed by atoms with Gasteiger partial charge in [0.15, 0.2) is 0 Å². The average molecular weight is 450 g/mol. The third-order valence-electron chi connectivity index (χ3n) is 6.61. The Balaban J connectivity index is 1.27. The monoisotopic (exact) mass is 449 g/mol. The first-order valence-electron chi connectivity index (χ1n) is 11.3. The molecule has 2 aliphatic rings. The molecule has 0 aliphatic carbocycles. The number of carbonyl (C=O) groups is 1. The van der Waals surface area contributed by atoms with Crippen LogP contribution in [0.2, 0.25) is 5.02 Å². The van der Waals surface area contributed by atoms with Gasteiger partial charge in [0.1, 0.15) is 6.10 Å². The van der Waals surface area contributed by atoms with Crippen LogP contribution in [0.25, 0.3) is 10.8 Å². The second-order valence-electron chi connectivity index (χ2n) is 8.53. The summed E-state index contributed by atoms with van der Waals surface area (Å²) in [7, 11) is 0. The third-order valence-corrected chi connectivity index (χ3v) is 6.85. The van der Waals surface area contributed by atoms with Crippen molar-refractivity contribution in [1.29, 1.82) is 0 Å². The zero-order valence-electron chi connectivity index (χ0n) is 18.0. The fourth-order valence-electron chi connectivity index (χ4n) is 4.91. The predicted molar refractivity (Wildman–Crippen MR) is 130 cm³/mol. The van der Waals surface area contributed by atoms with E-state index in [0.29, 0.717) is 5.56 Å². The molecule has 6 heteroatoms. The van der Waals surface area contributed by atoms with Crippen LogP contribution < -0.4 is 10.2 Å². The summed E-state index contributed by atoms with van der Waals surface area (Å²) in [5.74, 6) is -0.226. The molecule has 0 bridgehead atoms. The number of esters is 1. The Morgan fingerprint density at radius 2 is 1.75 bits per heavy atom. The fraction of sp³-hybridized carbons (Fsp3) is 0.346. The molecule has 0 amide bonds. The van der Waals surface area contributed by atoms with Gasteiger partial charge < -0.3 is 15.0 Å². The normalized spacial score (nSPS) is 22.1. The number of halogens is 1. The van der Waals surface area contributed by atoms with Crippen molar-refractivity contribution >= 4 is 34.0 Å². The van der Waals surface area contributed by atoms with Crippen molar-refractivity contribution in [2.45, 2.75) is 18.6 Å². The molecule has 0 radical (unpaired) electrons. The van der Waals surface area contributed by atoms with E-state index in [4.69, 9.17) is 16.3 Å². The first-order valence-corrected chi connectivity index (χ1v) is 11.7. The molecule has 0 saturated carbocycles. The number of rotatable bonds is 4. The Morgan fingerprint density at radius 1 is 0.969 bits per heavy atom. The number of ether oxygens (including phenoxy) is 1. The number of nitrogens with one attached hydrogen (secondary N) is 1. The molecule has 32 heavy (non-hydrogen) atoms. The van der Waals surface area contributed by atoms with Crippen molar-refractivity contribution in [3.63, 3.8) is 0 Å². The van der Waals surface area contributed by atoms with Crippen LogP contribution in [-0.2, 0) is 4.74 Å². The number of hydrogen-bond acceptors (Lipinski definition) is 5. The van der Waals surface area contributed by atoms with Gasteiger partial charge in [-0.1, -0.05) is 54.1 Å². The van der Waals surface area contributed by atoms with Crippen LogP contribution in [0.15, 0.2) is 66.7 Å². The third kappa shape index (κ3) is 4.46. The quantitative estimate of drug-likeness (QED) is 0.605. The van der Waals surface area contributed by atoms with Crippen LogP contribution in [0.5, 0.6) is 0 Å². The summed E-state index contributed by atoms with van der Waals surface area (Å²) in [6.45, 7) is 5.43. The van der Waals surface area contributed by atoms with E-state index in [1.807, 2.05) is 60.7 Å². The topological polar surface area (TPSA) is 44.8 Å². The smallest absolute Gasteiger partial charge is 0.339 e. The van der Waals surface area contributed by atoms with E-state index in [1.54, 1.807) is 0 Å². The summed E-state index contributed by atoms with van der Waals surface area (Å²) in [5.41, 5.74) is 1.81. The number of fused-ring (bicyclic) bond motifs is 1. The van der Waals surface area contributed by atoms with Crippen LogP contribution in [-0.4, -0.2) is 62.3 Å². The van der Waals surface area contributed by atoms with Gasteiger partial charge in [-0.2, -0.15) is 0 Å². The largest absolute Gasteiger partial charge is 0.457 e. The molecule has 3 aromatic rings. The lowest BCUT2D eigenvalue weighted by Gasteiger charge is -2.44. The molecule has 1 unspecified atom stereocenters. The van der Waals surface area contributed by atoms with E-state index in [1.165, 1.54) is 0 Å². The molecule has 166 valence electrons. The average Bonchev–Trinajstić information content (AvgIpc) is 2.84. The molecule has 5 nitrogen and oxygen atoms in total. The summed E-state index contributed by atoms with van der Waals surface area (Å²) in [6.07, 6.45) is 0.718. The summed E-state index contributed by atoms with van der Waals surface area (Å²) in [4.78, 5) is 18.0. The number of hydrogen-bond donors (Lipinski definition) is 1. The first kappa shape index (κ1) is 21.3. The maximum atomic E-state index is 13.1. The van der Waals surface area contributed by atoms with Crippen molar-refractivity contribution in [1.82, 2.24) is 10.2 Å². The van der Waals surface area contributed by atoms with Gasteiger partial charge in [0, 0.05) is 43.4 Å². The Bertz CT molecular complexity index is 1090. The summed E-state index contributed by atoms with van der Waals surface area (Å²) in [5, 5.41) is 6.26. The molecule has 5 rings (SSSR count). The van der Waals surface area contributed by atoms with Gasteiger partial charge in [-0.25, -0.2) is 4.79 Å². The van der Waals surface area contributed by atoms with Crippen molar-refractivity contribution < 1.29 is 9.53 Å². The second kappa shape index (κ2) is 9.49. The van der Waals surface area contributed by atoms with Gasteiger partial charge in [-0.15, -0.1) is 0 Å². The molecule has 2 heterocycles. The number of anilines is 1. The molecule has 0 spiro atoms. The fourth-order valence-corrected chi connectivity index (χ4v) is 5.09. The van der Waals surface area contributed by atoms with Crippen molar-refractivity contribution in [2.75, 3.05) is 44.2 Å². The molecule has 2 fully saturated rings. The van der Waals surface area contributed by atoms with Crippen molar-refractivity contribution in [3.8, 4) is 0 Å². The zero-order chi connectivity index (χ0) is 21.9. The van der Waals surface area contributed by atoms with E-state index in [2.05, 4.69) is 21.2 Å². The summed E-state index contributed by atoms with van der Waals surface area (Å²) >= 11 is 6.18. The Labute approximate surface area is 193 Å². The van der Waals surface area contributed by atoms with E-state index < -0.39 is 0 Å². The Morgan fingerprint density at radius 3 is 2.59 bits per heavy atom. The minimum absolute atomic E-state index is 0.111. The lowest BCUT2D eigenvalue weighted by molar-refractivity contribution is -0.0139. The number of piperidine rings is 1. The highest BCUT2D eigenvalue weighted by atomic mass is 35.5. The van der Waals surface area contributed by atoms with E-state index in [0.717, 1.165) is 67.2 Å². The van der Waals surface area contributed by atoms with E-state index in [9.17, 15) is 4.79 Å². The van der Waals surface area contributed by atoms with Gasteiger partial charge >= 0.3 is 5.97 Å². The minimum Gasteiger partial charge on any atom is -0.457 e. The molecular weight excluding hydrogens is 422 g/mol. The lowest BCUT2D eigenvalue weighted by atomic mass is 10.00. The summed E-state index contributed by atoms with van der Waals surface area (Å²) < 4.78 is 6.13. The zero-order valence-corrected chi connectivity index (χ0v) is 18.8. The van der Waals surface area contributed by atoms with Gasteiger partial charge in [0.2, 0.25) is 0 Å². The highest BCUT2D eigenvalue weighted by Gasteiger charge is 2.35. The number of benzene rings is 3. The highest BCUT2D eigenvalue weighted by molar-refractivity contribution is 6.30. The molecular formula is C26H28ClN3O2. The maximum absolute atomic E-state index is 13.1. The molecule has 2 saturated heterocycles. The molecule has 3 aromatic carbocycles. The summed E-state index contributed by atoms with van der Waals surface area (Å²) in [6, 6.07) is 22.0. The van der Waals surface area contributed by atoms with Crippen LogP contribution in [0, 0.1) is 0 Å². The highest BCUT2D eigenvalue weighted by Crippen LogP contribution is 2.25. The van der Waals surface area contributed by atoms with Gasteiger partial charge in [-0.3, -0.25) is 4.90 Å². The molecule has 1 N–H and O–H groups in total. The second-order valence-corrected chi connectivity index (χ2v) is 8.97. The van der Waals surface area contributed by atoms with Crippen LogP contribution in [0.3, 0.4) is 0 Å². The van der Waals surface area contributed by atoms with Gasteiger partial charge in [0.05, 0.1) is 11.6 Å². The van der Waals surface area contributed by atoms with Crippen LogP contribution >= 0.6 is 11.6 Å². The number of nitrogens with zero attached hydrogens (tertiary/aromatic N) is 2. The predicted octanol–water partition coefficient (Wildman–Crippen LogP) is 4.20. The van der Waals surface area contributed by atoms with Crippen molar-refractivity contribution in [2.24, 2.45) is 0 Å². The first-order chi connectivity index (χ1) is 15.7. The van der Waals surface area contributed by atoms with Crippen molar-refractivity contribution in [3.05, 3.63) is 77.3 Å². The van der Waals surface area contributed by atoms with Crippen LogP contribution in [0.4, 0.5) is 5.69 Å². The SMILES string of the molecule is O=C(O[C@@H]1CCNCC1N1CCN(c2cccc(Cl)c2)CC1)c1cccc2ccccc12. The van der Waals surface area contributed by atoms with Crippen LogP contribution in [0.1, 0.15) is 16.8 Å². The maximum Gasteiger partial charge on any atom is 0.339 e. The van der Waals surface area contributed by atoms with E-state index >= 15 is 0 Å². The lowest BCUT2D eigenvalue weighted by Crippen LogP contribution is -2.60. The Hall–Kier alpha value is -2.60. The number of carbonyl (C=O) groups excluding carboxylic acids is 1. The molecule has 2 aliphatic heterocycles. The minimum atomic E-state index is -0.226.